The summed E-state index contributed by atoms with van der Waals surface area (Å²) in [7, 11) is 0. The van der Waals surface area contributed by atoms with Crippen LogP contribution >= 0.6 is 0 Å². The Bertz CT molecular complexity index is 2030. The number of benzene rings is 3. The Morgan fingerprint density at radius 1 is 0.787 bits per heavy atom. The van der Waals surface area contributed by atoms with E-state index in [0.717, 1.165) is 6.33 Å². The Balaban J connectivity index is 1.47. The van der Waals surface area contributed by atoms with Crippen molar-refractivity contribution in [2.24, 2.45) is 0 Å². The summed E-state index contributed by atoms with van der Waals surface area (Å²) < 4.78 is 25.5. The first kappa shape index (κ1) is 30.7. The minimum Gasteiger partial charge on any atom is -0.452 e. The third kappa shape index (κ3) is 6.28. The van der Waals surface area contributed by atoms with Crippen LogP contribution in [0.3, 0.4) is 0 Å². The molecule has 0 radical (unpaired) electrons. The topological polar surface area (TPSA) is 162 Å². The summed E-state index contributed by atoms with van der Waals surface area (Å²) in [5.74, 6) is 0.00269. The molecule has 0 spiro atoms. The Hall–Kier alpha value is -6.32. The summed E-state index contributed by atoms with van der Waals surface area (Å²) in [6.07, 6.45) is 1.45. The minimum absolute atomic E-state index is 0.0166. The number of carbonyl (C=O) groups is 3. The van der Waals surface area contributed by atoms with Crippen LogP contribution in [0.15, 0.2) is 114 Å². The van der Waals surface area contributed by atoms with E-state index < -0.39 is 54.0 Å². The van der Waals surface area contributed by atoms with E-state index in [1.54, 1.807) is 91.0 Å². The number of terminal acetylenes is 1. The summed E-state index contributed by atoms with van der Waals surface area (Å²) in [5, 5.41) is -0.0166. The van der Waals surface area contributed by atoms with Crippen LogP contribution in [-0.2, 0) is 18.9 Å². The second kappa shape index (κ2) is 13.4. The molecule has 1 aliphatic rings. The van der Waals surface area contributed by atoms with Gasteiger partial charge in [0.15, 0.2) is 35.6 Å². The van der Waals surface area contributed by atoms with Crippen molar-refractivity contribution in [2.75, 3.05) is 5.73 Å². The summed E-state index contributed by atoms with van der Waals surface area (Å²) in [6.45, 7) is 0. The van der Waals surface area contributed by atoms with Gasteiger partial charge in [-0.2, -0.15) is 0 Å². The van der Waals surface area contributed by atoms with Gasteiger partial charge in [0.25, 0.3) is 0 Å². The van der Waals surface area contributed by atoms with Crippen LogP contribution in [0, 0.1) is 12.3 Å². The maximum absolute atomic E-state index is 13.5. The lowest BCUT2D eigenvalue weighted by atomic mass is 10.0. The monoisotopic (exact) mass is 630 g/mol. The Morgan fingerprint density at radius 3 is 1.87 bits per heavy atom. The first-order chi connectivity index (χ1) is 22.9. The number of nitrogens with two attached hydrogens (primary N) is 1. The van der Waals surface area contributed by atoms with Crippen LogP contribution in [0.4, 0.5) is 5.82 Å². The van der Waals surface area contributed by atoms with Gasteiger partial charge in [0.1, 0.15) is 23.6 Å². The predicted octanol–water partition coefficient (Wildman–Crippen LogP) is 3.58. The highest BCUT2D eigenvalue weighted by atomic mass is 16.7. The number of aromatic nitrogens is 3. The van der Waals surface area contributed by atoms with Crippen molar-refractivity contribution in [2.45, 2.75) is 30.6 Å². The minimum atomic E-state index is -1.44. The van der Waals surface area contributed by atoms with Gasteiger partial charge in [-0.3, -0.25) is 4.79 Å². The van der Waals surface area contributed by atoms with E-state index in [0.29, 0.717) is 0 Å². The summed E-state index contributed by atoms with van der Waals surface area (Å²) in [4.78, 5) is 61.1. The molecule has 2 aromatic heterocycles. The molecule has 5 aromatic rings. The van der Waals surface area contributed by atoms with Gasteiger partial charge < -0.3 is 29.2 Å². The number of carbonyl (C=O) groups excluding carboxylic acids is 3. The van der Waals surface area contributed by atoms with Crippen LogP contribution < -0.4 is 11.2 Å². The zero-order valence-corrected chi connectivity index (χ0v) is 24.5. The fourth-order valence-corrected chi connectivity index (χ4v) is 5.21. The second-order valence-corrected chi connectivity index (χ2v) is 10.4. The van der Waals surface area contributed by atoms with Crippen LogP contribution in [0.25, 0.3) is 11.0 Å². The number of nitrogen functional groups attached to an aromatic ring is 1. The van der Waals surface area contributed by atoms with Crippen molar-refractivity contribution in [3.05, 3.63) is 136 Å². The normalized spacial score (nSPS) is 19.3. The van der Waals surface area contributed by atoms with Crippen LogP contribution in [-0.4, -0.2) is 56.9 Å². The van der Waals surface area contributed by atoms with Gasteiger partial charge in [-0.25, -0.2) is 24.4 Å². The van der Waals surface area contributed by atoms with Crippen molar-refractivity contribution >= 4 is 34.8 Å². The second-order valence-electron chi connectivity index (χ2n) is 10.4. The van der Waals surface area contributed by atoms with E-state index in [-0.39, 0.29) is 33.5 Å². The molecule has 6 rings (SSSR count). The van der Waals surface area contributed by atoms with E-state index in [2.05, 4.69) is 15.9 Å². The van der Waals surface area contributed by atoms with E-state index in [9.17, 15) is 19.2 Å². The van der Waals surface area contributed by atoms with Crippen molar-refractivity contribution in [3.8, 4) is 12.3 Å². The number of nitrogens with zero attached hydrogens (tertiary/aromatic N) is 3. The third-order valence-electron chi connectivity index (χ3n) is 7.44. The van der Waals surface area contributed by atoms with Gasteiger partial charge in [0, 0.05) is 12.3 Å². The lowest BCUT2D eigenvalue weighted by Crippen LogP contribution is -2.45. The number of hydrogen-bond donors (Lipinski definition) is 1. The maximum atomic E-state index is 13.5. The number of hydrogen-bond acceptors (Lipinski definition) is 11. The molecule has 12 nitrogen and oxygen atoms in total. The fourth-order valence-electron chi connectivity index (χ4n) is 5.21. The molecule has 47 heavy (non-hydrogen) atoms. The van der Waals surface area contributed by atoms with Crippen LogP contribution in [0.5, 0.6) is 0 Å². The van der Waals surface area contributed by atoms with Crippen molar-refractivity contribution < 1.29 is 33.3 Å². The first-order valence-corrected chi connectivity index (χ1v) is 14.4. The van der Waals surface area contributed by atoms with Gasteiger partial charge in [-0.1, -0.05) is 60.5 Å². The SMILES string of the molecule is C#C[C@@H](OC(=O)c1ccccc1)[C@H]1O[C@@H](n2ccc(=O)c3c(N)ncnc32)[C@H](OC(=O)c2ccccc2)[C@@H]1OC(=O)c1ccccc1. The number of anilines is 1. The lowest BCUT2D eigenvalue weighted by Gasteiger charge is -2.26. The Kier molecular flexibility index (Phi) is 8.72. The van der Waals surface area contributed by atoms with Crippen molar-refractivity contribution in [1.82, 2.24) is 14.5 Å². The third-order valence-corrected chi connectivity index (χ3v) is 7.44. The average Bonchev–Trinajstić information content (AvgIpc) is 3.44. The zero-order chi connectivity index (χ0) is 32.9. The zero-order valence-electron chi connectivity index (χ0n) is 24.5. The highest BCUT2D eigenvalue weighted by Gasteiger charge is 2.54. The van der Waals surface area contributed by atoms with E-state index in [1.807, 2.05) is 0 Å². The largest absolute Gasteiger partial charge is 0.452 e. The molecule has 0 amide bonds. The Morgan fingerprint density at radius 2 is 1.32 bits per heavy atom. The van der Waals surface area contributed by atoms with Gasteiger partial charge in [-0.05, 0) is 36.4 Å². The number of fused-ring (bicyclic) bond motifs is 1. The number of esters is 3. The molecule has 1 aliphatic heterocycles. The van der Waals surface area contributed by atoms with Crippen LogP contribution in [0.2, 0.25) is 0 Å². The molecule has 0 saturated carbocycles. The fraction of sp³-hybridized carbons (Fsp3) is 0.143. The standard InChI is InChI=1S/C35H26N4O8/c1-2-25(44-33(41)21-12-6-3-7-13-21)27-28(46-34(42)22-14-8-4-9-15-22)29(47-35(43)23-16-10-5-11-17-23)32(45-27)39-19-18-24(40)26-30(36)37-20-38-31(26)39/h1,3-20,25,27-29,32H,(H2,36,37,38)/t25-,27-,28-,29-,32-/m1/s1. The van der Waals surface area contributed by atoms with Gasteiger partial charge >= 0.3 is 17.9 Å². The van der Waals surface area contributed by atoms with E-state index in [4.69, 9.17) is 31.1 Å². The molecular formula is C35H26N4O8. The van der Waals surface area contributed by atoms with Gasteiger partial charge in [-0.15, -0.1) is 6.42 Å². The molecule has 5 atom stereocenters. The van der Waals surface area contributed by atoms with Gasteiger partial charge in [0.05, 0.1) is 16.7 Å². The molecule has 3 heterocycles. The summed E-state index contributed by atoms with van der Waals surface area (Å²) >= 11 is 0. The van der Waals surface area contributed by atoms with Crippen molar-refractivity contribution in [1.29, 1.82) is 0 Å². The molecular weight excluding hydrogens is 604 g/mol. The molecule has 0 aliphatic carbocycles. The maximum Gasteiger partial charge on any atom is 0.339 e. The number of rotatable bonds is 8. The average molecular weight is 631 g/mol. The highest BCUT2D eigenvalue weighted by molar-refractivity contribution is 5.91. The highest BCUT2D eigenvalue weighted by Crippen LogP contribution is 2.38. The molecule has 234 valence electrons. The molecule has 3 aromatic carbocycles. The van der Waals surface area contributed by atoms with Crippen molar-refractivity contribution in [3.63, 3.8) is 0 Å². The molecule has 0 bridgehead atoms. The molecule has 12 heteroatoms. The van der Waals surface area contributed by atoms with E-state index >= 15 is 0 Å². The predicted molar refractivity (Wildman–Crippen MR) is 168 cm³/mol. The lowest BCUT2D eigenvalue weighted by molar-refractivity contribution is -0.0767. The smallest absolute Gasteiger partial charge is 0.339 e. The summed E-state index contributed by atoms with van der Waals surface area (Å²) in [5.41, 5.74) is 6.22. The first-order valence-electron chi connectivity index (χ1n) is 14.4. The Labute approximate surface area is 267 Å². The molecule has 1 saturated heterocycles. The molecule has 0 unspecified atom stereocenters. The summed E-state index contributed by atoms with van der Waals surface area (Å²) in [6, 6.07) is 25.6. The number of pyridine rings is 1. The number of ether oxygens (including phenoxy) is 4. The van der Waals surface area contributed by atoms with Gasteiger partial charge in [0.2, 0.25) is 0 Å². The van der Waals surface area contributed by atoms with E-state index in [1.165, 1.54) is 16.8 Å². The van der Waals surface area contributed by atoms with Crippen LogP contribution in [0.1, 0.15) is 37.3 Å². The quantitative estimate of drug-likeness (QED) is 0.152. The molecule has 1 fully saturated rings. The molecule has 2 N–H and O–H groups in total.